The lowest BCUT2D eigenvalue weighted by atomic mass is 9.91. The SMILES string of the molecule is CNC(CCC1COc2ccccc21)CC(C)C. The number of benzene rings is 1. The second-order valence-corrected chi connectivity index (χ2v) is 5.74. The highest BCUT2D eigenvalue weighted by Crippen LogP contribution is 2.36. The van der Waals surface area contributed by atoms with Gasteiger partial charge in [0.2, 0.25) is 0 Å². The van der Waals surface area contributed by atoms with Gasteiger partial charge in [0.05, 0.1) is 6.61 Å². The number of ether oxygens (including phenoxy) is 1. The summed E-state index contributed by atoms with van der Waals surface area (Å²) in [4.78, 5) is 0. The summed E-state index contributed by atoms with van der Waals surface area (Å²) >= 11 is 0. The molecule has 1 aliphatic rings. The van der Waals surface area contributed by atoms with Gasteiger partial charge < -0.3 is 10.1 Å². The molecule has 2 nitrogen and oxygen atoms in total. The van der Waals surface area contributed by atoms with Crippen LogP contribution in [0.25, 0.3) is 0 Å². The molecule has 2 heteroatoms. The zero-order valence-corrected chi connectivity index (χ0v) is 11.8. The minimum atomic E-state index is 0.587. The number of hydrogen-bond donors (Lipinski definition) is 1. The first-order chi connectivity index (χ1) is 8.70. The average Bonchev–Trinajstić information content (AvgIpc) is 2.77. The molecule has 0 radical (unpaired) electrons. The van der Waals surface area contributed by atoms with Crippen molar-refractivity contribution >= 4 is 0 Å². The van der Waals surface area contributed by atoms with E-state index in [0.29, 0.717) is 12.0 Å². The van der Waals surface area contributed by atoms with Crippen LogP contribution in [0.1, 0.15) is 44.6 Å². The molecule has 0 bridgehead atoms. The van der Waals surface area contributed by atoms with E-state index in [2.05, 4.69) is 50.5 Å². The monoisotopic (exact) mass is 247 g/mol. The summed E-state index contributed by atoms with van der Waals surface area (Å²) in [5.74, 6) is 2.44. The van der Waals surface area contributed by atoms with Crippen LogP contribution in [0, 0.1) is 5.92 Å². The van der Waals surface area contributed by atoms with E-state index in [1.807, 2.05) is 0 Å². The quantitative estimate of drug-likeness (QED) is 0.829. The van der Waals surface area contributed by atoms with Gasteiger partial charge in [0, 0.05) is 17.5 Å². The predicted molar refractivity (Wildman–Crippen MR) is 76.2 cm³/mol. The molecular formula is C16H25NO. The van der Waals surface area contributed by atoms with E-state index in [0.717, 1.165) is 18.3 Å². The molecule has 2 unspecified atom stereocenters. The third-order valence-electron chi connectivity index (χ3n) is 3.83. The summed E-state index contributed by atoms with van der Waals surface area (Å²) in [6.07, 6.45) is 3.71. The first-order valence-electron chi connectivity index (χ1n) is 7.09. The number of fused-ring (bicyclic) bond motifs is 1. The maximum atomic E-state index is 5.74. The fraction of sp³-hybridized carbons (Fsp3) is 0.625. The summed E-state index contributed by atoms with van der Waals surface area (Å²) in [6, 6.07) is 9.10. The van der Waals surface area contributed by atoms with Gasteiger partial charge in [0.1, 0.15) is 5.75 Å². The van der Waals surface area contributed by atoms with Crippen LogP contribution in [0.5, 0.6) is 5.75 Å². The van der Waals surface area contributed by atoms with Gasteiger partial charge in [-0.3, -0.25) is 0 Å². The Labute approximate surface area is 111 Å². The third kappa shape index (κ3) is 3.26. The summed E-state index contributed by atoms with van der Waals surface area (Å²) in [5, 5.41) is 3.44. The van der Waals surface area contributed by atoms with Gasteiger partial charge in [-0.1, -0.05) is 32.0 Å². The van der Waals surface area contributed by atoms with Gasteiger partial charge in [0.25, 0.3) is 0 Å². The Bertz CT molecular complexity index is 375. The van der Waals surface area contributed by atoms with Crippen molar-refractivity contribution in [2.45, 2.75) is 45.1 Å². The molecule has 0 amide bonds. The molecule has 1 aromatic carbocycles. The van der Waals surface area contributed by atoms with Crippen LogP contribution >= 0.6 is 0 Å². The Morgan fingerprint density at radius 3 is 2.83 bits per heavy atom. The summed E-state index contributed by atoms with van der Waals surface area (Å²) < 4.78 is 5.74. The van der Waals surface area contributed by atoms with Gasteiger partial charge >= 0.3 is 0 Å². The summed E-state index contributed by atoms with van der Waals surface area (Å²) in [6.45, 7) is 5.44. The van der Waals surface area contributed by atoms with Crippen LogP contribution in [0.2, 0.25) is 0 Å². The molecule has 1 aromatic rings. The lowest BCUT2D eigenvalue weighted by Gasteiger charge is -2.19. The van der Waals surface area contributed by atoms with Crippen molar-refractivity contribution in [3.05, 3.63) is 29.8 Å². The first-order valence-corrected chi connectivity index (χ1v) is 7.09. The molecule has 1 aliphatic heterocycles. The molecule has 0 saturated heterocycles. The van der Waals surface area contributed by atoms with Crippen molar-refractivity contribution < 1.29 is 4.74 Å². The minimum absolute atomic E-state index is 0.587. The van der Waals surface area contributed by atoms with E-state index < -0.39 is 0 Å². The maximum absolute atomic E-state index is 5.74. The van der Waals surface area contributed by atoms with E-state index in [-0.39, 0.29) is 0 Å². The van der Waals surface area contributed by atoms with Crippen LogP contribution in [-0.4, -0.2) is 19.7 Å². The van der Waals surface area contributed by atoms with Gasteiger partial charge in [-0.15, -0.1) is 0 Å². The molecule has 2 atom stereocenters. The summed E-state index contributed by atoms with van der Waals surface area (Å²) in [7, 11) is 2.08. The van der Waals surface area contributed by atoms with E-state index in [9.17, 15) is 0 Å². The number of hydrogen-bond acceptors (Lipinski definition) is 2. The van der Waals surface area contributed by atoms with Crippen molar-refractivity contribution in [3.63, 3.8) is 0 Å². The normalized spacial score (nSPS) is 19.7. The van der Waals surface area contributed by atoms with Gasteiger partial charge in [-0.25, -0.2) is 0 Å². The molecule has 100 valence electrons. The van der Waals surface area contributed by atoms with Gasteiger partial charge in [0.15, 0.2) is 0 Å². The van der Waals surface area contributed by atoms with Crippen molar-refractivity contribution in [1.82, 2.24) is 5.32 Å². The molecule has 0 saturated carbocycles. The zero-order chi connectivity index (χ0) is 13.0. The molecule has 0 aliphatic carbocycles. The second kappa shape index (κ2) is 6.24. The molecule has 0 aromatic heterocycles. The summed E-state index contributed by atoms with van der Waals surface area (Å²) in [5.41, 5.74) is 1.40. The Balaban J connectivity index is 1.88. The Hall–Kier alpha value is -1.02. The lowest BCUT2D eigenvalue weighted by molar-refractivity contribution is 0.313. The molecule has 1 N–H and O–H groups in total. The molecule has 0 fully saturated rings. The second-order valence-electron chi connectivity index (χ2n) is 5.74. The number of rotatable bonds is 6. The van der Waals surface area contributed by atoms with Gasteiger partial charge in [-0.05, 0) is 38.3 Å². The van der Waals surface area contributed by atoms with Crippen molar-refractivity contribution in [3.8, 4) is 5.75 Å². The smallest absolute Gasteiger partial charge is 0.122 e. The van der Waals surface area contributed by atoms with E-state index in [1.165, 1.54) is 24.8 Å². The molecular weight excluding hydrogens is 222 g/mol. The average molecular weight is 247 g/mol. The fourth-order valence-electron chi connectivity index (χ4n) is 2.82. The van der Waals surface area contributed by atoms with Crippen LogP contribution in [0.3, 0.4) is 0 Å². The highest BCUT2D eigenvalue weighted by molar-refractivity contribution is 5.39. The van der Waals surface area contributed by atoms with Crippen LogP contribution in [0.4, 0.5) is 0 Å². The highest BCUT2D eigenvalue weighted by Gasteiger charge is 2.24. The van der Waals surface area contributed by atoms with Crippen molar-refractivity contribution in [2.75, 3.05) is 13.7 Å². The van der Waals surface area contributed by atoms with Crippen molar-refractivity contribution in [1.29, 1.82) is 0 Å². The standard InChI is InChI=1S/C16H25NO/c1-12(2)10-14(17-3)9-8-13-11-18-16-7-5-4-6-15(13)16/h4-7,12-14,17H,8-11H2,1-3H3. The first kappa shape index (κ1) is 13.4. The fourth-order valence-corrected chi connectivity index (χ4v) is 2.82. The zero-order valence-electron chi connectivity index (χ0n) is 11.8. The Morgan fingerprint density at radius 2 is 2.11 bits per heavy atom. The van der Waals surface area contributed by atoms with E-state index in [4.69, 9.17) is 4.74 Å². The number of para-hydroxylation sites is 1. The Morgan fingerprint density at radius 1 is 1.33 bits per heavy atom. The number of nitrogens with one attached hydrogen (secondary N) is 1. The molecule has 1 heterocycles. The van der Waals surface area contributed by atoms with Crippen LogP contribution in [-0.2, 0) is 0 Å². The Kier molecular flexibility index (Phi) is 4.65. The third-order valence-corrected chi connectivity index (χ3v) is 3.83. The predicted octanol–water partition coefficient (Wildman–Crippen LogP) is 3.58. The van der Waals surface area contributed by atoms with E-state index in [1.54, 1.807) is 0 Å². The van der Waals surface area contributed by atoms with Gasteiger partial charge in [-0.2, -0.15) is 0 Å². The van der Waals surface area contributed by atoms with Crippen LogP contribution in [0.15, 0.2) is 24.3 Å². The lowest BCUT2D eigenvalue weighted by Crippen LogP contribution is -2.27. The van der Waals surface area contributed by atoms with E-state index >= 15 is 0 Å². The topological polar surface area (TPSA) is 21.3 Å². The van der Waals surface area contributed by atoms with Crippen molar-refractivity contribution in [2.24, 2.45) is 5.92 Å². The molecule has 0 spiro atoms. The molecule has 18 heavy (non-hydrogen) atoms. The highest BCUT2D eigenvalue weighted by atomic mass is 16.5. The molecule has 2 rings (SSSR count). The minimum Gasteiger partial charge on any atom is -0.493 e. The van der Waals surface area contributed by atoms with Crippen LogP contribution < -0.4 is 10.1 Å². The largest absolute Gasteiger partial charge is 0.493 e. The maximum Gasteiger partial charge on any atom is 0.122 e.